The molecule has 23 heavy (non-hydrogen) atoms. The number of aliphatic hydroxyl groups excluding tert-OH is 1. The molecule has 0 aliphatic carbocycles. The Kier molecular flexibility index (Phi) is 5.30. The summed E-state index contributed by atoms with van der Waals surface area (Å²) in [6.45, 7) is 3.87. The highest BCUT2D eigenvalue weighted by Gasteiger charge is 2.22. The quantitative estimate of drug-likeness (QED) is 0.854. The number of hydrogen-bond donors (Lipinski definition) is 1. The Morgan fingerprint density at radius 2 is 2.26 bits per heavy atom. The number of nitrogens with zero attached hydrogens (tertiary/aromatic N) is 6. The van der Waals surface area contributed by atoms with Crippen LogP contribution in [0.1, 0.15) is 24.2 Å². The number of halogens is 1. The third-order valence-corrected chi connectivity index (χ3v) is 4.55. The van der Waals surface area contributed by atoms with Gasteiger partial charge in [0.25, 0.3) is 0 Å². The van der Waals surface area contributed by atoms with Crippen LogP contribution in [0, 0.1) is 5.92 Å². The zero-order valence-electron chi connectivity index (χ0n) is 13.4. The topological polar surface area (TPSA) is 72.0 Å². The van der Waals surface area contributed by atoms with Gasteiger partial charge in [0.05, 0.1) is 16.4 Å². The molecule has 1 unspecified atom stereocenters. The van der Waals surface area contributed by atoms with Crippen molar-refractivity contribution in [2.75, 3.05) is 19.7 Å². The minimum Gasteiger partial charge on any atom is -0.396 e. The summed E-state index contributed by atoms with van der Waals surface area (Å²) in [5.74, 6) is 0.551. The zero-order valence-corrected chi connectivity index (χ0v) is 14.2. The van der Waals surface area contributed by atoms with Gasteiger partial charge in [0, 0.05) is 52.1 Å². The highest BCUT2D eigenvalue weighted by atomic mass is 35.5. The van der Waals surface area contributed by atoms with Gasteiger partial charge < -0.3 is 5.11 Å². The molecule has 2 aromatic heterocycles. The van der Waals surface area contributed by atoms with Crippen molar-refractivity contribution in [3.05, 3.63) is 28.8 Å². The first-order chi connectivity index (χ1) is 11.1. The number of piperidine rings is 1. The second kappa shape index (κ2) is 7.42. The number of aromatic nitrogens is 5. The van der Waals surface area contributed by atoms with Crippen LogP contribution in [0.4, 0.5) is 0 Å². The second-order valence-corrected chi connectivity index (χ2v) is 6.65. The molecule has 1 fully saturated rings. The lowest BCUT2D eigenvalue weighted by Gasteiger charge is -2.32. The number of aliphatic hydroxyl groups is 1. The molecule has 0 radical (unpaired) electrons. The lowest BCUT2D eigenvalue weighted by atomic mass is 9.98. The summed E-state index contributed by atoms with van der Waals surface area (Å²) in [6.07, 6.45) is 6.71. The fourth-order valence-corrected chi connectivity index (χ4v) is 3.43. The van der Waals surface area contributed by atoms with E-state index in [1.165, 1.54) is 12.8 Å². The van der Waals surface area contributed by atoms with Gasteiger partial charge in [-0.2, -0.15) is 5.10 Å². The Morgan fingerprint density at radius 3 is 3.00 bits per heavy atom. The number of aryl methyl sites for hydroxylation is 1. The maximum Gasteiger partial charge on any atom is 0.0950 e. The normalized spacial score (nSPS) is 19.3. The summed E-state index contributed by atoms with van der Waals surface area (Å²) in [5, 5.41) is 22.3. The van der Waals surface area contributed by atoms with Gasteiger partial charge in [-0.1, -0.05) is 16.8 Å². The van der Waals surface area contributed by atoms with E-state index in [2.05, 4.69) is 20.3 Å². The number of rotatable bonds is 6. The van der Waals surface area contributed by atoms with Crippen LogP contribution in [0.5, 0.6) is 0 Å². The Hall–Kier alpha value is -1.44. The van der Waals surface area contributed by atoms with Gasteiger partial charge in [0.15, 0.2) is 0 Å². The van der Waals surface area contributed by atoms with Crippen LogP contribution < -0.4 is 0 Å². The molecule has 8 heteroatoms. The number of likely N-dealkylation sites (tertiary alicyclic amines) is 1. The SMILES string of the molecule is Cn1cc(Cl)c(CN2CCCC(Cn3cc(CCO)nn3)C2)n1. The minimum absolute atomic E-state index is 0.112. The maximum absolute atomic E-state index is 8.95. The van der Waals surface area contributed by atoms with E-state index in [0.29, 0.717) is 12.3 Å². The molecular weight excluding hydrogens is 316 g/mol. The lowest BCUT2D eigenvalue weighted by molar-refractivity contribution is 0.151. The molecule has 1 aliphatic heterocycles. The first kappa shape index (κ1) is 16.4. The molecule has 0 spiro atoms. The van der Waals surface area contributed by atoms with Crippen molar-refractivity contribution in [3.8, 4) is 0 Å². The van der Waals surface area contributed by atoms with Crippen molar-refractivity contribution in [1.82, 2.24) is 29.7 Å². The van der Waals surface area contributed by atoms with Crippen LogP contribution in [-0.4, -0.2) is 54.5 Å². The molecule has 1 N–H and O–H groups in total. The molecule has 0 aromatic carbocycles. The van der Waals surface area contributed by atoms with Crippen LogP contribution in [0.2, 0.25) is 5.02 Å². The molecule has 1 saturated heterocycles. The molecular formula is C15H23ClN6O. The predicted octanol–water partition coefficient (Wildman–Crippen LogP) is 1.11. The van der Waals surface area contributed by atoms with E-state index in [4.69, 9.17) is 16.7 Å². The fraction of sp³-hybridized carbons (Fsp3) is 0.667. The van der Waals surface area contributed by atoms with E-state index in [9.17, 15) is 0 Å². The molecule has 0 amide bonds. The fourth-order valence-electron chi connectivity index (χ4n) is 3.19. The van der Waals surface area contributed by atoms with E-state index in [0.717, 1.165) is 42.6 Å². The van der Waals surface area contributed by atoms with E-state index in [1.807, 2.05) is 24.1 Å². The Bertz CT molecular complexity index is 640. The predicted molar refractivity (Wildman–Crippen MR) is 87.0 cm³/mol. The molecule has 1 atom stereocenters. The summed E-state index contributed by atoms with van der Waals surface area (Å²) >= 11 is 6.21. The highest BCUT2D eigenvalue weighted by Crippen LogP contribution is 2.22. The van der Waals surface area contributed by atoms with E-state index in [-0.39, 0.29) is 6.61 Å². The Labute approximate surface area is 140 Å². The van der Waals surface area contributed by atoms with Gasteiger partial charge in [-0.15, -0.1) is 5.10 Å². The van der Waals surface area contributed by atoms with Crippen LogP contribution >= 0.6 is 11.6 Å². The first-order valence-electron chi connectivity index (χ1n) is 8.04. The summed E-state index contributed by atoms with van der Waals surface area (Å²) in [7, 11) is 1.89. The molecule has 1 aliphatic rings. The van der Waals surface area contributed by atoms with Crippen molar-refractivity contribution >= 4 is 11.6 Å². The summed E-state index contributed by atoms with van der Waals surface area (Å²) in [4.78, 5) is 2.41. The van der Waals surface area contributed by atoms with Gasteiger partial charge in [-0.3, -0.25) is 14.3 Å². The van der Waals surface area contributed by atoms with Crippen LogP contribution in [0.15, 0.2) is 12.4 Å². The van der Waals surface area contributed by atoms with Gasteiger partial charge in [0.2, 0.25) is 0 Å². The van der Waals surface area contributed by atoms with Crippen molar-refractivity contribution in [1.29, 1.82) is 0 Å². The Morgan fingerprint density at radius 1 is 1.39 bits per heavy atom. The van der Waals surface area contributed by atoms with Crippen molar-refractivity contribution in [2.24, 2.45) is 13.0 Å². The summed E-state index contributed by atoms with van der Waals surface area (Å²) in [6, 6.07) is 0. The smallest absolute Gasteiger partial charge is 0.0950 e. The average Bonchev–Trinajstić information content (AvgIpc) is 3.07. The second-order valence-electron chi connectivity index (χ2n) is 6.25. The van der Waals surface area contributed by atoms with E-state index < -0.39 is 0 Å². The molecule has 126 valence electrons. The third kappa shape index (κ3) is 4.31. The van der Waals surface area contributed by atoms with E-state index in [1.54, 1.807) is 4.68 Å². The van der Waals surface area contributed by atoms with Crippen LogP contribution in [0.25, 0.3) is 0 Å². The summed E-state index contributed by atoms with van der Waals surface area (Å²) in [5.41, 5.74) is 1.79. The van der Waals surface area contributed by atoms with Crippen molar-refractivity contribution in [2.45, 2.75) is 32.4 Å². The van der Waals surface area contributed by atoms with Gasteiger partial charge in [-0.25, -0.2) is 0 Å². The molecule has 0 saturated carbocycles. The molecule has 7 nitrogen and oxygen atoms in total. The van der Waals surface area contributed by atoms with E-state index >= 15 is 0 Å². The van der Waals surface area contributed by atoms with Crippen molar-refractivity contribution in [3.63, 3.8) is 0 Å². The van der Waals surface area contributed by atoms with Crippen molar-refractivity contribution < 1.29 is 5.11 Å². The molecule has 3 rings (SSSR count). The average molecular weight is 339 g/mol. The monoisotopic (exact) mass is 338 g/mol. The standard InChI is InChI=1S/C15H23ClN6O/c1-20-10-14(16)15(18-20)11-21-5-2-3-12(7-21)8-22-9-13(4-6-23)17-19-22/h9-10,12,23H,2-8,11H2,1H3. The first-order valence-corrected chi connectivity index (χ1v) is 8.42. The van der Waals surface area contributed by atoms with Gasteiger partial charge in [-0.05, 0) is 25.3 Å². The summed E-state index contributed by atoms with van der Waals surface area (Å²) < 4.78 is 3.66. The largest absolute Gasteiger partial charge is 0.396 e. The minimum atomic E-state index is 0.112. The number of hydrogen-bond acceptors (Lipinski definition) is 5. The molecule has 0 bridgehead atoms. The molecule has 3 heterocycles. The Balaban J connectivity index is 1.56. The lowest BCUT2D eigenvalue weighted by Crippen LogP contribution is -2.36. The van der Waals surface area contributed by atoms with Crippen LogP contribution in [-0.2, 0) is 26.6 Å². The highest BCUT2D eigenvalue weighted by molar-refractivity contribution is 6.31. The third-order valence-electron chi connectivity index (χ3n) is 4.23. The van der Waals surface area contributed by atoms with Gasteiger partial charge >= 0.3 is 0 Å². The van der Waals surface area contributed by atoms with Gasteiger partial charge in [0.1, 0.15) is 0 Å². The van der Waals surface area contributed by atoms with Crippen LogP contribution in [0.3, 0.4) is 0 Å². The zero-order chi connectivity index (χ0) is 16.2. The molecule has 2 aromatic rings. The maximum atomic E-state index is 8.95.